The van der Waals surface area contributed by atoms with E-state index in [9.17, 15) is 5.11 Å². The molecule has 0 fully saturated rings. The van der Waals surface area contributed by atoms with Crippen molar-refractivity contribution in [3.05, 3.63) is 0 Å². The lowest BCUT2D eigenvalue weighted by atomic mass is 9.96. The molecule has 0 rings (SSSR count). The number of hydrogen-bond donors (Lipinski definition) is 1. The third kappa shape index (κ3) is 4.00. The number of aliphatic hydroxyl groups is 1. The van der Waals surface area contributed by atoms with E-state index in [0.717, 1.165) is 25.7 Å². The maximum atomic E-state index is 9.42. The average Bonchev–Trinajstić information content (AvgIpc) is 2.00. The van der Waals surface area contributed by atoms with Gasteiger partial charge in [0, 0.05) is 0 Å². The van der Waals surface area contributed by atoms with Gasteiger partial charge in [-0.3, -0.25) is 0 Å². The Morgan fingerprint density at radius 2 is 1.82 bits per heavy atom. The monoisotopic (exact) mass is 155 g/mol. The summed E-state index contributed by atoms with van der Waals surface area (Å²) in [6.45, 7) is 4.05. The van der Waals surface area contributed by atoms with Gasteiger partial charge in [-0.1, -0.05) is 26.7 Å². The second kappa shape index (κ2) is 6.18. The molecular formula is C9H17NO. The van der Waals surface area contributed by atoms with E-state index in [2.05, 4.69) is 6.07 Å². The number of nitrogens with zero attached hydrogens (tertiary/aromatic N) is 1. The molecule has 11 heavy (non-hydrogen) atoms. The summed E-state index contributed by atoms with van der Waals surface area (Å²) in [5.74, 6) is -0.153. The normalized spacial score (nSPS) is 15.5. The molecule has 0 aliphatic carbocycles. The molecule has 0 saturated carbocycles. The zero-order valence-corrected chi connectivity index (χ0v) is 7.38. The van der Waals surface area contributed by atoms with Gasteiger partial charge >= 0.3 is 0 Å². The van der Waals surface area contributed by atoms with Gasteiger partial charge in [0.15, 0.2) is 0 Å². The maximum absolute atomic E-state index is 9.42. The van der Waals surface area contributed by atoms with Crippen LogP contribution in [-0.2, 0) is 0 Å². The molecule has 0 heterocycles. The first-order chi connectivity index (χ1) is 5.26. The molecule has 0 spiro atoms. The fraction of sp³-hybridized carbons (Fsp3) is 0.889. The van der Waals surface area contributed by atoms with Crippen molar-refractivity contribution in [2.24, 2.45) is 5.92 Å². The molecule has 0 aromatic rings. The number of nitriles is 1. The molecular weight excluding hydrogens is 138 g/mol. The van der Waals surface area contributed by atoms with E-state index in [1.54, 1.807) is 0 Å². The highest BCUT2D eigenvalue weighted by molar-refractivity contribution is 4.87. The van der Waals surface area contributed by atoms with Gasteiger partial charge in [-0.25, -0.2) is 0 Å². The quantitative estimate of drug-likeness (QED) is 0.660. The van der Waals surface area contributed by atoms with Gasteiger partial charge in [0.25, 0.3) is 0 Å². The molecule has 64 valence electrons. The van der Waals surface area contributed by atoms with Gasteiger partial charge in [-0.15, -0.1) is 0 Å². The third-order valence-electron chi connectivity index (χ3n) is 1.81. The summed E-state index contributed by atoms with van der Waals surface area (Å²) in [7, 11) is 0. The molecule has 0 aromatic carbocycles. The van der Waals surface area contributed by atoms with Crippen LogP contribution in [0.2, 0.25) is 0 Å². The lowest BCUT2D eigenvalue weighted by Gasteiger charge is -2.14. The highest BCUT2D eigenvalue weighted by Gasteiger charge is 2.15. The minimum Gasteiger partial charge on any atom is -0.392 e. The van der Waals surface area contributed by atoms with E-state index in [-0.39, 0.29) is 5.92 Å². The predicted molar refractivity (Wildman–Crippen MR) is 44.9 cm³/mol. The van der Waals surface area contributed by atoms with Crippen LogP contribution in [-0.4, -0.2) is 11.2 Å². The van der Waals surface area contributed by atoms with E-state index in [1.165, 1.54) is 0 Å². The summed E-state index contributed by atoms with van der Waals surface area (Å²) in [5.41, 5.74) is 0. The summed E-state index contributed by atoms with van der Waals surface area (Å²) in [6, 6.07) is 2.14. The lowest BCUT2D eigenvalue weighted by molar-refractivity contribution is 0.118. The Bertz CT molecular complexity index is 128. The number of aliphatic hydroxyl groups excluding tert-OH is 1. The first-order valence-corrected chi connectivity index (χ1v) is 4.33. The third-order valence-corrected chi connectivity index (χ3v) is 1.81. The van der Waals surface area contributed by atoms with Crippen molar-refractivity contribution in [3.8, 4) is 6.07 Å². The zero-order valence-electron chi connectivity index (χ0n) is 7.38. The summed E-state index contributed by atoms with van der Waals surface area (Å²) in [4.78, 5) is 0. The Morgan fingerprint density at radius 3 is 2.18 bits per heavy atom. The van der Waals surface area contributed by atoms with Crippen LogP contribution < -0.4 is 0 Å². The van der Waals surface area contributed by atoms with Crippen molar-refractivity contribution in [1.82, 2.24) is 0 Å². The van der Waals surface area contributed by atoms with Crippen LogP contribution in [0.4, 0.5) is 0 Å². The standard InChI is InChI=1S/C9H17NO/c1-3-5-8(7-10)9(11)6-4-2/h8-9,11H,3-6H2,1-2H3. The minimum atomic E-state index is -0.412. The summed E-state index contributed by atoms with van der Waals surface area (Å²) in [6.07, 6.45) is 3.07. The van der Waals surface area contributed by atoms with Crippen molar-refractivity contribution >= 4 is 0 Å². The molecule has 0 radical (unpaired) electrons. The van der Waals surface area contributed by atoms with E-state index < -0.39 is 6.10 Å². The van der Waals surface area contributed by atoms with E-state index in [1.807, 2.05) is 13.8 Å². The van der Waals surface area contributed by atoms with Gasteiger partial charge in [0.1, 0.15) is 0 Å². The molecule has 0 aromatic heterocycles. The highest BCUT2D eigenvalue weighted by atomic mass is 16.3. The van der Waals surface area contributed by atoms with Crippen molar-refractivity contribution in [2.75, 3.05) is 0 Å². The van der Waals surface area contributed by atoms with E-state index in [0.29, 0.717) is 0 Å². The van der Waals surface area contributed by atoms with Crippen LogP contribution in [0.15, 0.2) is 0 Å². The second-order valence-corrected chi connectivity index (χ2v) is 2.88. The van der Waals surface area contributed by atoms with E-state index in [4.69, 9.17) is 5.26 Å². The SMILES string of the molecule is CCCC(O)C(C#N)CCC. The fourth-order valence-electron chi connectivity index (χ4n) is 1.15. The van der Waals surface area contributed by atoms with Gasteiger partial charge in [-0.05, 0) is 12.8 Å². The molecule has 0 aliphatic rings. The number of rotatable bonds is 5. The van der Waals surface area contributed by atoms with Crippen LogP contribution in [0.3, 0.4) is 0 Å². The lowest BCUT2D eigenvalue weighted by Crippen LogP contribution is -2.18. The Hall–Kier alpha value is -0.550. The van der Waals surface area contributed by atoms with Crippen LogP contribution in [0, 0.1) is 17.2 Å². The molecule has 2 atom stereocenters. The van der Waals surface area contributed by atoms with Crippen molar-refractivity contribution in [1.29, 1.82) is 5.26 Å². The highest BCUT2D eigenvalue weighted by Crippen LogP contribution is 2.14. The molecule has 2 nitrogen and oxygen atoms in total. The Kier molecular flexibility index (Phi) is 5.87. The second-order valence-electron chi connectivity index (χ2n) is 2.88. The van der Waals surface area contributed by atoms with Crippen LogP contribution in [0.5, 0.6) is 0 Å². The Balaban J connectivity index is 3.73. The maximum Gasteiger partial charge on any atom is 0.0722 e. The van der Waals surface area contributed by atoms with Crippen LogP contribution in [0.25, 0.3) is 0 Å². The Morgan fingerprint density at radius 1 is 1.27 bits per heavy atom. The smallest absolute Gasteiger partial charge is 0.0722 e. The van der Waals surface area contributed by atoms with Gasteiger partial charge in [-0.2, -0.15) is 5.26 Å². The van der Waals surface area contributed by atoms with Gasteiger partial charge in [0.2, 0.25) is 0 Å². The summed E-state index contributed by atoms with van der Waals surface area (Å²) < 4.78 is 0. The first-order valence-electron chi connectivity index (χ1n) is 4.33. The number of hydrogen-bond acceptors (Lipinski definition) is 2. The van der Waals surface area contributed by atoms with Gasteiger partial charge < -0.3 is 5.11 Å². The van der Waals surface area contributed by atoms with Crippen LogP contribution >= 0.6 is 0 Å². The Labute approximate surface area is 68.8 Å². The molecule has 0 aliphatic heterocycles. The molecule has 2 heteroatoms. The fourth-order valence-corrected chi connectivity index (χ4v) is 1.15. The molecule has 2 unspecified atom stereocenters. The zero-order chi connectivity index (χ0) is 8.69. The predicted octanol–water partition coefficient (Wildman–Crippen LogP) is 2.09. The van der Waals surface area contributed by atoms with E-state index >= 15 is 0 Å². The molecule has 0 amide bonds. The van der Waals surface area contributed by atoms with Crippen molar-refractivity contribution in [2.45, 2.75) is 45.6 Å². The van der Waals surface area contributed by atoms with Crippen LogP contribution in [0.1, 0.15) is 39.5 Å². The first kappa shape index (κ1) is 10.4. The molecule has 1 N–H and O–H groups in total. The largest absolute Gasteiger partial charge is 0.392 e. The summed E-state index contributed by atoms with van der Waals surface area (Å²) >= 11 is 0. The average molecular weight is 155 g/mol. The van der Waals surface area contributed by atoms with Crippen molar-refractivity contribution < 1.29 is 5.11 Å². The minimum absolute atomic E-state index is 0.153. The summed E-state index contributed by atoms with van der Waals surface area (Å²) in [5, 5.41) is 18.1. The topological polar surface area (TPSA) is 44.0 Å². The molecule has 0 bridgehead atoms. The molecule has 0 saturated heterocycles. The van der Waals surface area contributed by atoms with Crippen molar-refractivity contribution in [3.63, 3.8) is 0 Å². The van der Waals surface area contributed by atoms with Gasteiger partial charge in [0.05, 0.1) is 18.1 Å².